The van der Waals surface area contributed by atoms with Crippen molar-refractivity contribution in [3.05, 3.63) is 24.3 Å². The second kappa shape index (κ2) is 9.46. The fraction of sp³-hybridized carbons (Fsp3) is 0.583. The van der Waals surface area contributed by atoms with Crippen LogP contribution in [0.5, 0.6) is 0 Å². The average molecular weight is 212 g/mol. The summed E-state index contributed by atoms with van der Waals surface area (Å²) in [6.45, 7) is 1.80. The van der Waals surface area contributed by atoms with Crippen LogP contribution in [0.3, 0.4) is 0 Å². The number of aliphatic hydroxyl groups is 1. The third kappa shape index (κ3) is 12.9. The summed E-state index contributed by atoms with van der Waals surface area (Å²) < 4.78 is 0. The van der Waals surface area contributed by atoms with Crippen molar-refractivity contribution in [3.63, 3.8) is 0 Å². The van der Waals surface area contributed by atoms with E-state index in [2.05, 4.69) is 0 Å². The third-order valence-corrected chi connectivity index (χ3v) is 1.94. The van der Waals surface area contributed by atoms with Crippen molar-refractivity contribution < 1.29 is 15.0 Å². The quantitative estimate of drug-likeness (QED) is 0.369. The molecule has 0 aromatic heterocycles. The Morgan fingerprint density at radius 3 is 2.60 bits per heavy atom. The van der Waals surface area contributed by atoms with Gasteiger partial charge in [0.15, 0.2) is 0 Å². The number of hydrogen-bond acceptors (Lipinski definition) is 2. The zero-order valence-electron chi connectivity index (χ0n) is 9.22. The summed E-state index contributed by atoms with van der Waals surface area (Å²) in [5.41, 5.74) is 0. The lowest BCUT2D eigenvalue weighted by Gasteiger charge is -2.00. The minimum atomic E-state index is -0.902. The minimum Gasteiger partial charge on any atom is -0.478 e. The molecule has 0 saturated heterocycles. The van der Waals surface area contributed by atoms with E-state index in [0.717, 1.165) is 31.8 Å². The maximum Gasteiger partial charge on any atom is 0.327 e. The molecular weight excluding hydrogens is 192 g/mol. The molecule has 15 heavy (non-hydrogen) atoms. The molecule has 0 radical (unpaired) electrons. The second-order valence-corrected chi connectivity index (χ2v) is 3.58. The van der Waals surface area contributed by atoms with Crippen molar-refractivity contribution in [2.45, 2.75) is 45.1 Å². The zero-order chi connectivity index (χ0) is 11.5. The van der Waals surface area contributed by atoms with Gasteiger partial charge in [0.05, 0.1) is 6.10 Å². The van der Waals surface area contributed by atoms with E-state index in [1.165, 1.54) is 0 Å². The highest BCUT2D eigenvalue weighted by Crippen LogP contribution is 2.04. The largest absolute Gasteiger partial charge is 0.478 e. The number of allylic oxidation sites excluding steroid dienone is 3. The Bertz CT molecular complexity index is 217. The predicted octanol–water partition coefficient (Wildman–Crippen LogP) is 2.51. The van der Waals surface area contributed by atoms with Crippen LogP contribution < -0.4 is 0 Å². The Morgan fingerprint density at radius 2 is 2.00 bits per heavy atom. The first-order valence-corrected chi connectivity index (χ1v) is 5.35. The van der Waals surface area contributed by atoms with Crippen molar-refractivity contribution in [1.82, 2.24) is 0 Å². The van der Waals surface area contributed by atoms with Gasteiger partial charge in [0.25, 0.3) is 0 Å². The van der Waals surface area contributed by atoms with Crippen molar-refractivity contribution in [2.24, 2.45) is 0 Å². The van der Waals surface area contributed by atoms with Crippen molar-refractivity contribution in [3.8, 4) is 0 Å². The molecule has 0 bridgehead atoms. The fourth-order valence-electron chi connectivity index (χ4n) is 1.16. The molecule has 86 valence electrons. The summed E-state index contributed by atoms with van der Waals surface area (Å²) in [7, 11) is 0. The molecule has 1 unspecified atom stereocenters. The average Bonchev–Trinajstić information content (AvgIpc) is 2.14. The molecule has 1 atom stereocenters. The molecule has 0 rings (SSSR count). The first kappa shape index (κ1) is 13.9. The molecule has 0 aliphatic rings. The van der Waals surface area contributed by atoms with E-state index in [1.807, 2.05) is 12.2 Å². The van der Waals surface area contributed by atoms with Gasteiger partial charge in [0.1, 0.15) is 0 Å². The smallest absolute Gasteiger partial charge is 0.327 e. The van der Waals surface area contributed by atoms with Gasteiger partial charge in [-0.2, -0.15) is 0 Å². The van der Waals surface area contributed by atoms with Crippen LogP contribution in [0.2, 0.25) is 0 Å². The van der Waals surface area contributed by atoms with E-state index in [9.17, 15) is 4.79 Å². The van der Waals surface area contributed by atoms with Gasteiger partial charge in [-0.15, -0.1) is 0 Å². The molecule has 0 aliphatic heterocycles. The molecule has 0 amide bonds. The van der Waals surface area contributed by atoms with Crippen LogP contribution in [-0.4, -0.2) is 22.3 Å². The van der Waals surface area contributed by atoms with E-state index < -0.39 is 5.97 Å². The lowest BCUT2D eigenvalue weighted by molar-refractivity contribution is -0.131. The van der Waals surface area contributed by atoms with E-state index >= 15 is 0 Å². The molecule has 0 heterocycles. The number of carboxylic acid groups (broad SMARTS) is 1. The molecular formula is C12H20O3. The van der Waals surface area contributed by atoms with Gasteiger partial charge in [0, 0.05) is 6.08 Å². The second-order valence-electron chi connectivity index (χ2n) is 3.58. The molecule has 3 nitrogen and oxygen atoms in total. The molecule has 0 saturated carbocycles. The van der Waals surface area contributed by atoms with E-state index in [1.54, 1.807) is 13.0 Å². The number of carbonyl (C=O) groups is 1. The summed E-state index contributed by atoms with van der Waals surface area (Å²) in [6, 6.07) is 0. The van der Waals surface area contributed by atoms with Crippen LogP contribution in [0.4, 0.5) is 0 Å². The molecule has 0 aromatic rings. The highest BCUT2D eigenvalue weighted by atomic mass is 16.4. The number of rotatable bonds is 8. The van der Waals surface area contributed by atoms with Crippen molar-refractivity contribution >= 4 is 5.97 Å². The Hall–Kier alpha value is -1.09. The van der Waals surface area contributed by atoms with Crippen LogP contribution >= 0.6 is 0 Å². The Balaban J connectivity index is 3.28. The topological polar surface area (TPSA) is 57.5 Å². The number of unbranched alkanes of at least 4 members (excludes halogenated alkanes) is 2. The van der Waals surface area contributed by atoms with E-state index in [-0.39, 0.29) is 6.10 Å². The first-order chi connectivity index (χ1) is 7.13. The predicted molar refractivity (Wildman–Crippen MR) is 60.7 cm³/mol. The Labute approximate surface area is 91.1 Å². The summed E-state index contributed by atoms with van der Waals surface area (Å²) >= 11 is 0. The summed E-state index contributed by atoms with van der Waals surface area (Å²) in [4.78, 5) is 10.1. The SMILES string of the molecule is CC(O)CCCC/C=C/C/C=C\C(=O)O. The van der Waals surface area contributed by atoms with Crippen molar-refractivity contribution in [2.75, 3.05) is 0 Å². The molecule has 2 N–H and O–H groups in total. The summed E-state index contributed by atoms with van der Waals surface area (Å²) in [6.07, 6.45) is 11.2. The highest BCUT2D eigenvalue weighted by Gasteiger charge is 1.93. The fourth-order valence-corrected chi connectivity index (χ4v) is 1.16. The Kier molecular flexibility index (Phi) is 8.78. The summed E-state index contributed by atoms with van der Waals surface area (Å²) in [5.74, 6) is -0.902. The van der Waals surface area contributed by atoms with Crippen LogP contribution in [0.1, 0.15) is 39.0 Å². The van der Waals surface area contributed by atoms with E-state index in [4.69, 9.17) is 10.2 Å². The van der Waals surface area contributed by atoms with Gasteiger partial charge >= 0.3 is 5.97 Å². The number of hydrogen-bond donors (Lipinski definition) is 2. The molecule has 3 heteroatoms. The molecule has 0 aromatic carbocycles. The molecule has 0 fully saturated rings. The summed E-state index contributed by atoms with van der Waals surface area (Å²) in [5, 5.41) is 17.3. The number of carboxylic acids is 1. The monoisotopic (exact) mass is 212 g/mol. The number of aliphatic carboxylic acids is 1. The zero-order valence-corrected chi connectivity index (χ0v) is 9.22. The third-order valence-electron chi connectivity index (χ3n) is 1.94. The maximum atomic E-state index is 10.1. The van der Waals surface area contributed by atoms with Crippen LogP contribution in [0.15, 0.2) is 24.3 Å². The Morgan fingerprint density at radius 1 is 1.27 bits per heavy atom. The van der Waals surface area contributed by atoms with Crippen LogP contribution in [0.25, 0.3) is 0 Å². The van der Waals surface area contributed by atoms with Gasteiger partial charge < -0.3 is 10.2 Å². The van der Waals surface area contributed by atoms with Gasteiger partial charge in [-0.05, 0) is 32.6 Å². The normalized spacial score (nSPS) is 13.7. The van der Waals surface area contributed by atoms with Gasteiger partial charge in [0.2, 0.25) is 0 Å². The lowest BCUT2D eigenvalue weighted by Crippen LogP contribution is -1.97. The molecule has 0 spiro atoms. The van der Waals surface area contributed by atoms with Gasteiger partial charge in [-0.25, -0.2) is 4.79 Å². The van der Waals surface area contributed by atoms with Crippen LogP contribution in [-0.2, 0) is 4.79 Å². The maximum absolute atomic E-state index is 10.1. The van der Waals surface area contributed by atoms with Gasteiger partial charge in [-0.3, -0.25) is 0 Å². The lowest BCUT2D eigenvalue weighted by atomic mass is 10.1. The highest BCUT2D eigenvalue weighted by molar-refractivity contribution is 5.79. The van der Waals surface area contributed by atoms with Crippen molar-refractivity contribution in [1.29, 1.82) is 0 Å². The van der Waals surface area contributed by atoms with Gasteiger partial charge in [-0.1, -0.05) is 24.6 Å². The number of aliphatic hydroxyl groups excluding tert-OH is 1. The van der Waals surface area contributed by atoms with Crippen LogP contribution in [0, 0.1) is 0 Å². The minimum absolute atomic E-state index is 0.201. The van der Waals surface area contributed by atoms with E-state index in [0.29, 0.717) is 6.42 Å². The first-order valence-electron chi connectivity index (χ1n) is 5.35. The molecule has 0 aliphatic carbocycles. The standard InChI is InChI=1S/C12H20O3/c1-11(13)9-7-5-3-2-4-6-8-10-12(14)15/h2,4,8,10-11,13H,3,5-7,9H2,1H3,(H,14,15)/b4-2+,10-8-.